The van der Waals surface area contributed by atoms with Gasteiger partial charge in [-0.25, -0.2) is 9.59 Å². The van der Waals surface area contributed by atoms with Gasteiger partial charge in [-0.05, 0) is 12.8 Å². The summed E-state index contributed by atoms with van der Waals surface area (Å²) < 4.78 is 37.6. The number of urea groups is 1. The lowest BCUT2D eigenvalue weighted by Gasteiger charge is -2.22. The average Bonchev–Trinajstić information content (AvgIpc) is 2.95. The Labute approximate surface area is 105 Å². The molecule has 0 aromatic rings. The van der Waals surface area contributed by atoms with Crippen molar-refractivity contribution in [1.82, 2.24) is 10.6 Å². The van der Waals surface area contributed by atoms with Crippen LogP contribution in [0.3, 0.4) is 0 Å². The molecular formula is C9H12F3N3O4. The molecule has 5 N–H and O–H groups in total. The second-order valence-corrected chi connectivity index (χ2v) is 4.24. The number of amides is 3. The first-order chi connectivity index (χ1) is 8.57. The Balaban J connectivity index is 2.59. The minimum atomic E-state index is -4.60. The monoisotopic (exact) mass is 283 g/mol. The predicted octanol–water partition coefficient (Wildman–Crippen LogP) is -0.291. The van der Waals surface area contributed by atoms with E-state index in [-0.39, 0.29) is 12.8 Å². The number of primary amides is 1. The van der Waals surface area contributed by atoms with Gasteiger partial charge in [0.05, 0.1) is 6.42 Å². The van der Waals surface area contributed by atoms with Crippen LogP contribution in [0.25, 0.3) is 0 Å². The van der Waals surface area contributed by atoms with Gasteiger partial charge in [-0.2, -0.15) is 13.2 Å². The summed E-state index contributed by atoms with van der Waals surface area (Å²) in [5.74, 6) is -2.56. The molecule has 0 unspecified atom stereocenters. The second kappa shape index (κ2) is 4.94. The van der Waals surface area contributed by atoms with Crippen LogP contribution in [0, 0.1) is 0 Å². The van der Waals surface area contributed by atoms with Crippen LogP contribution in [-0.2, 0) is 9.59 Å². The quantitative estimate of drug-likeness (QED) is 0.553. The standard InChI is InChI=1S/C9H12F3N3O4/c10-9(11,12)8(1-2-8)15-7(19)14-4(6(17)18)3-5(13)16/h4H,1-3H2,(H2,13,16)(H,17,18)(H2,14,15,19)/t4-/m1/s1. The lowest BCUT2D eigenvalue weighted by Crippen LogP contribution is -2.55. The van der Waals surface area contributed by atoms with Gasteiger partial charge in [-0.3, -0.25) is 4.79 Å². The van der Waals surface area contributed by atoms with Crippen molar-refractivity contribution >= 4 is 17.9 Å². The van der Waals surface area contributed by atoms with E-state index in [0.29, 0.717) is 0 Å². The Bertz CT molecular complexity index is 406. The molecule has 10 heteroatoms. The van der Waals surface area contributed by atoms with Crippen molar-refractivity contribution in [2.24, 2.45) is 5.73 Å². The van der Waals surface area contributed by atoms with Crippen molar-refractivity contribution in [3.63, 3.8) is 0 Å². The number of nitrogens with one attached hydrogen (secondary N) is 2. The number of hydrogen-bond acceptors (Lipinski definition) is 3. The molecular weight excluding hydrogens is 271 g/mol. The minimum Gasteiger partial charge on any atom is -0.480 e. The van der Waals surface area contributed by atoms with Crippen LogP contribution in [0.5, 0.6) is 0 Å². The highest BCUT2D eigenvalue weighted by Gasteiger charge is 2.64. The number of carboxylic acids is 1. The summed E-state index contributed by atoms with van der Waals surface area (Å²) in [4.78, 5) is 32.5. The molecule has 1 saturated carbocycles. The molecule has 1 aliphatic carbocycles. The largest absolute Gasteiger partial charge is 0.480 e. The van der Waals surface area contributed by atoms with Crippen LogP contribution in [-0.4, -0.2) is 40.8 Å². The fourth-order valence-corrected chi connectivity index (χ4v) is 1.42. The Hall–Kier alpha value is -2.00. The third-order valence-electron chi connectivity index (χ3n) is 2.65. The van der Waals surface area contributed by atoms with Gasteiger partial charge in [0.15, 0.2) is 0 Å². The Morgan fingerprint density at radius 3 is 2.16 bits per heavy atom. The van der Waals surface area contributed by atoms with E-state index in [1.54, 1.807) is 10.6 Å². The van der Waals surface area contributed by atoms with Crippen LogP contribution in [0.2, 0.25) is 0 Å². The predicted molar refractivity (Wildman–Crippen MR) is 54.9 cm³/mol. The number of alkyl halides is 3. The van der Waals surface area contributed by atoms with Gasteiger partial charge < -0.3 is 21.5 Å². The molecule has 0 aromatic heterocycles. The van der Waals surface area contributed by atoms with Crippen molar-refractivity contribution in [1.29, 1.82) is 0 Å². The zero-order valence-corrected chi connectivity index (χ0v) is 9.58. The first-order valence-corrected chi connectivity index (χ1v) is 5.24. The smallest absolute Gasteiger partial charge is 0.411 e. The van der Waals surface area contributed by atoms with Crippen LogP contribution in [0.1, 0.15) is 19.3 Å². The summed E-state index contributed by atoms with van der Waals surface area (Å²) in [5.41, 5.74) is 2.46. The summed E-state index contributed by atoms with van der Waals surface area (Å²) >= 11 is 0. The molecule has 1 rings (SSSR count). The van der Waals surface area contributed by atoms with Gasteiger partial charge in [-0.15, -0.1) is 0 Å². The highest BCUT2D eigenvalue weighted by molar-refractivity contribution is 5.87. The van der Waals surface area contributed by atoms with Crippen LogP contribution < -0.4 is 16.4 Å². The van der Waals surface area contributed by atoms with Crippen molar-refractivity contribution < 1.29 is 32.7 Å². The molecule has 0 aromatic carbocycles. The molecule has 0 saturated heterocycles. The maximum Gasteiger partial charge on any atom is 0.411 e. The zero-order valence-electron chi connectivity index (χ0n) is 9.58. The molecule has 1 aliphatic rings. The van der Waals surface area contributed by atoms with E-state index in [4.69, 9.17) is 10.8 Å². The first-order valence-electron chi connectivity index (χ1n) is 5.24. The number of aliphatic carboxylic acids is 1. The number of carboxylic acid groups (broad SMARTS) is 1. The fraction of sp³-hybridized carbons (Fsp3) is 0.667. The fourth-order valence-electron chi connectivity index (χ4n) is 1.42. The van der Waals surface area contributed by atoms with Gasteiger partial charge >= 0.3 is 18.2 Å². The maximum absolute atomic E-state index is 12.5. The van der Waals surface area contributed by atoms with Gasteiger partial charge in [0, 0.05) is 0 Å². The lowest BCUT2D eigenvalue weighted by molar-refractivity contribution is -0.162. The van der Waals surface area contributed by atoms with E-state index in [9.17, 15) is 27.6 Å². The van der Waals surface area contributed by atoms with Gasteiger partial charge in [0.2, 0.25) is 5.91 Å². The van der Waals surface area contributed by atoms with E-state index in [0.717, 1.165) is 0 Å². The van der Waals surface area contributed by atoms with E-state index < -0.39 is 42.1 Å². The molecule has 0 radical (unpaired) electrons. The minimum absolute atomic E-state index is 0.266. The number of carbonyl (C=O) groups excluding carboxylic acids is 2. The Morgan fingerprint density at radius 1 is 1.32 bits per heavy atom. The summed E-state index contributed by atoms with van der Waals surface area (Å²) in [5, 5.41) is 12.1. The van der Waals surface area contributed by atoms with Crippen molar-refractivity contribution in [2.45, 2.75) is 37.0 Å². The highest BCUT2D eigenvalue weighted by Crippen LogP contribution is 2.48. The topological polar surface area (TPSA) is 122 Å². The highest BCUT2D eigenvalue weighted by atomic mass is 19.4. The third-order valence-corrected chi connectivity index (χ3v) is 2.65. The zero-order chi connectivity index (χ0) is 14.8. The van der Waals surface area contributed by atoms with E-state index in [1.165, 1.54) is 0 Å². The molecule has 3 amide bonds. The normalized spacial score (nSPS) is 18.3. The average molecular weight is 283 g/mol. The van der Waals surface area contributed by atoms with E-state index in [2.05, 4.69) is 0 Å². The number of halogens is 3. The molecule has 0 bridgehead atoms. The first kappa shape index (κ1) is 15.1. The maximum atomic E-state index is 12.5. The molecule has 7 nitrogen and oxygen atoms in total. The number of nitrogens with two attached hydrogens (primary N) is 1. The molecule has 0 heterocycles. The van der Waals surface area contributed by atoms with Crippen molar-refractivity contribution in [3.8, 4) is 0 Å². The summed E-state index contributed by atoms with van der Waals surface area (Å²) in [6.07, 6.45) is -5.84. The van der Waals surface area contributed by atoms with Crippen LogP contribution in [0.15, 0.2) is 0 Å². The SMILES string of the molecule is NC(=O)C[C@@H](NC(=O)NC1(C(F)(F)F)CC1)C(=O)O. The molecule has 19 heavy (non-hydrogen) atoms. The van der Waals surface area contributed by atoms with E-state index >= 15 is 0 Å². The number of carbonyl (C=O) groups is 3. The number of hydrogen-bond donors (Lipinski definition) is 4. The molecule has 0 spiro atoms. The summed E-state index contributed by atoms with van der Waals surface area (Å²) in [7, 11) is 0. The third kappa shape index (κ3) is 3.73. The van der Waals surface area contributed by atoms with Crippen LogP contribution in [0.4, 0.5) is 18.0 Å². The van der Waals surface area contributed by atoms with Crippen LogP contribution >= 0.6 is 0 Å². The molecule has 108 valence electrons. The molecule has 0 aliphatic heterocycles. The molecule has 1 fully saturated rings. The van der Waals surface area contributed by atoms with Gasteiger partial charge in [0.25, 0.3) is 0 Å². The lowest BCUT2D eigenvalue weighted by atomic mass is 10.2. The van der Waals surface area contributed by atoms with Crippen molar-refractivity contribution in [2.75, 3.05) is 0 Å². The summed E-state index contributed by atoms with van der Waals surface area (Å²) in [6, 6.07) is -2.97. The summed E-state index contributed by atoms with van der Waals surface area (Å²) in [6.45, 7) is 0. The van der Waals surface area contributed by atoms with Gasteiger partial charge in [0.1, 0.15) is 11.6 Å². The van der Waals surface area contributed by atoms with E-state index in [1.807, 2.05) is 0 Å². The Kier molecular flexibility index (Phi) is 3.91. The molecule has 1 atom stereocenters. The second-order valence-electron chi connectivity index (χ2n) is 4.24. The Morgan fingerprint density at radius 2 is 1.84 bits per heavy atom. The van der Waals surface area contributed by atoms with Gasteiger partial charge in [-0.1, -0.05) is 0 Å². The number of rotatable bonds is 5. The van der Waals surface area contributed by atoms with Crippen molar-refractivity contribution in [3.05, 3.63) is 0 Å².